The lowest BCUT2D eigenvalue weighted by Gasteiger charge is -2.28. The van der Waals surface area contributed by atoms with Crippen LogP contribution in [0.4, 0.5) is 0 Å². The van der Waals surface area contributed by atoms with Gasteiger partial charge in [-0.25, -0.2) is 0 Å². The zero-order valence-corrected chi connectivity index (χ0v) is 9.99. The number of thioether (sulfide) groups is 2. The topological polar surface area (TPSA) is 0 Å². The fraction of sp³-hybridized carbons (Fsp3) is 1.00. The van der Waals surface area contributed by atoms with Crippen molar-refractivity contribution in [2.24, 2.45) is 0 Å². The molecule has 0 amide bonds. The SMILES string of the molecule is CC(S)C1CSC(CS)CS1. The van der Waals surface area contributed by atoms with Gasteiger partial charge in [-0.05, 0) is 0 Å². The highest BCUT2D eigenvalue weighted by atomic mass is 32.2. The van der Waals surface area contributed by atoms with Gasteiger partial charge in [0, 0.05) is 33.0 Å². The Bertz CT molecular complexity index is 107. The zero-order valence-electron chi connectivity index (χ0n) is 6.56. The van der Waals surface area contributed by atoms with Crippen LogP contribution in [0, 0.1) is 0 Å². The maximum absolute atomic E-state index is 4.45. The van der Waals surface area contributed by atoms with Crippen molar-refractivity contribution in [3.05, 3.63) is 0 Å². The van der Waals surface area contributed by atoms with Crippen molar-refractivity contribution in [1.82, 2.24) is 0 Å². The molecule has 0 bridgehead atoms. The Morgan fingerprint density at radius 3 is 2.55 bits per heavy atom. The normalized spacial score (nSPS) is 35.2. The van der Waals surface area contributed by atoms with Crippen molar-refractivity contribution in [1.29, 1.82) is 0 Å². The summed E-state index contributed by atoms with van der Waals surface area (Å²) in [4.78, 5) is 0. The summed E-state index contributed by atoms with van der Waals surface area (Å²) in [6.07, 6.45) is 0. The van der Waals surface area contributed by atoms with Crippen molar-refractivity contribution >= 4 is 48.8 Å². The van der Waals surface area contributed by atoms with E-state index in [0.717, 1.165) is 16.3 Å². The van der Waals surface area contributed by atoms with Crippen LogP contribution in [0.15, 0.2) is 0 Å². The van der Waals surface area contributed by atoms with Gasteiger partial charge in [-0.3, -0.25) is 0 Å². The first-order valence-electron chi connectivity index (χ1n) is 3.76. The molecule has 3 unspecified atom stereocenters. The molecule has 1 rings (SSSR count). The van der Waals surface area contributed by atoms with E-state index in [9.17, 15) is 0 Å². The quantitative estimate of drug-likeness (QED) is 0.694. The summed E-state index contributed by atoms with van der Waals surface area (Å²) >= 11 is 12.8. The molecule has 1 aliphatic rings. The molecule has 0 aromatic carbocycles. The van der Waals surface area contributed by atoms with E-state index in [2.05, 4.69) is 55.7 Å². The largest absolute Gasteiger partial charge is 0.178 e. The van der Waals surface area contributed by atoms with Crippen LogP contribution in [0.2, 0.25) is 0 Å². The fourth-order valence-electron chi connectivity index (χ4n) is 0.942. The first-order valence-corrected chi connectivity index (χ1v) is 7.00. The number of thiol groups is 2. The lowest BCUT2D eigenvalue weighted by molar-refractivity contribution is 0.925. The minimum absolute atomic E-state index is 0.536. The van der Waals surface area contributed by atoms with Crippen LogP contribution >= 0.6 is 48.8 Å². The molecule has 1 saturated heterocycles. The molecule has 0 spiro atoms. The van der Waals surface area contributed by atoms with E-state index in [0.29, 0.717) is 5.25 Å². The third-order valence-electron chi connectivity index (χ3n) is 1.73. The molecule has 11 heavy (non-hydrogen) atoms. The Balaban J connectivity index is 2.24. The third-order valence-corrected chi connectivity index (χ3v) is 6.36. The van der Waals surface area contributed by atoms with Gasteiger partial charge >= 0.3 is 0 Å². The average molecular weight is 226 g/mol. The van der Waals surface area contributed by atoms with E-state index in [1.165, 1.54) is 11.5 Å². The lowest BCUT2D eigenvalue weighted by Crippen LogP contribution is -2.27. The van der Waals surface area contributed by atoms with Gasteiger partial charge in [-0.1, -0.05) is 6.92 Å². The van der Waals surface area contributed by atoms with Gasteiger partial charge in [-0.2, -0.15) is 48.8 Å². The van der Waals surface area contributed by atoms with Gasteiger partial charge < -0.3 is 0 Å². The van der Waals surface area contributed by atoms with Crippen LogP contribution in [0.3, 0.4) is 0 Å². The van der Waals surface area contributed by atoms with Gasteiger partial charge in [0.15, 0.2) is 0 Å². The molecule has 0 aromatic rings. The first-order chi connectivity index (χ1) is 5.24. The Morgan fingerprint density at radius 2 is 2.18 bits per heavy atom. The summed E-state index contributed by atoms with van der Waals surface area (Å²) in [6.45, 7) is 2.18. The van der Waals surface area contributed by atoms with Crippen LogP contribution in [0.25, 0.3) is 0 Å². The van der Waals surface area contributed by atoms with Crippen LogP contribution in [-0.2, 0) is 0 Å². The second kappa shape index (κ2) is 5.20. The summed E-state index contributed by atoms with van der Waals surface area (Å²) < 4.78 is 0. The molecule has 0 saturated carbocycles. The first kappa shape index (κ1) is 10.5. The molecule has 0 nitrogen and oxygen atoms in total. The standard InChI is InChI=1S/C7H14S4/c1-5(9)7-4-10-6(2-8)3-11-7/h5-9H,2-4H2,1H3. The van der Waals surface area contributed by atoms with Gasteiger partial charge in [0.1, 0.15) is 0 Å². The van der Waals surface area contributed by atoms with Crippen LogP contribution in [0.1, 0.15) is 6.92 Å². The molecule has 4 heteroatoms. The molecule has 0 aliphatic carbocycles. The second-order valence-corrected chi connectivity index (χ2v) is 6.54. The Morgan fingerprint density at radius 1 is 1.45 bits per heavy atom. The maximum Gasteiger partial charge on any atom is 0.0252 e. The van der Waals surface area contributed by atoms with E-state index in [1.54, 1.807) is 0 Å². The summed E-state index contributed by atoms with van der Waals surface area (Å²) in [7, 11) is 0. The van der Waals surface area contributed by atoms with E-state index in [1.807, 2.05) is 0 Å². The minimum Gasteiger partial charge on any atom is -0.178 e. The third kappa shape index (κ3) is 3.33. The highest BCUT2D eigenvalue weighted by molar-refractivity contribution is 8.07. The zero-order chi connectivity index (χ0) is 8.27. The van der Waals surface area contributed by atoms with Crippen LogP contribution in [0.5, 0.6) is 0 Å². The lowest BCUT2D eigenvalue weighted by atomic mass is 10.4. The highest BCUT2D eigenvalue weighted by Crippen LogP contribution is 2.33. The molecule has 3 atom stereocenters. The minimum atomic E-state index is 0.536. The summed E-state index contributed by atoms with van der Waals surface area (Å²) in [5, 5.41) is 2.06. The molecular weight excluding hydrogens is 212 g/mol. The summed E-state index contributed by atoms with van der Waals surface area (Å²) in [5.74, 6) is 3.52. The summed E-state index contributed by atoms with van der Waals surface area (Å²) in [5.41, 5.74) is 0. The second-order valence-electron chi connectivity index (χ2n) is 2.75. The van der Waals surface area contributed by atoms with Gasteiger partial charge in [0.25, 0.3) is 0 Å². The number of hydrogen-bond donors (Lipinski definition) is 2. The molecule has 0 radical (unpaired) electrons. The fourth-order valence-corrected chi connectivity index (χ4v) is 5.02. The smallest absolute Gasteiger partial charge is 0.0252 e. The van der Waals surface area contributed by atoms with Gasteiger partial charge in [0.2, 0.25) is 0 Å². The van der Waals surface area contributed by atoms with E-state index >= 15 is 0 Å². The Labute approximate surface area is 88.5 Å². The van der Waals surface area contributed by atoms with Crippen molar-refractivity contribution in [3.8, 4) is 0 Å². The molecule has 1 heterocycles. The molecule has 0 aromatic heterocycles. The maximum atomic E-state index is 4.45. The van der Waals surface area contributed by atoms with Crippen molar-refractivity contribution in [2.45, 2.75) is 22.7 Å². The molecule has 66 valence electrons. The highest BCUT2D eigenvalue weighted by Gasteiger charge is 2.23. The van der Waals surface area contributed by atoms with E-state index in [-0.39, 0.29) is 0 Å². The van der Waals surface area contributed by atoms with Crippen molar-refractivity contribution in [3.63, 3.8) is 0 Å². The van der Waals surface area contributed by atoms with Crippen LogP contribution < -0.4 is 0 Å². The Kier molecular flexibility index (Phi) is 4.95. The predicted octanol–water partition coefficient (Wildman–Crippen LogP) is 2.45. The van der Waals surface area contributed by atoms with Crippen molar-refractivity contribution in [2.75, 3.05) is 17.3 Å². The monoisotopic (exact) mass is 226 g/mol. The average Bonchev–Trinajstić information content (AvgIpc) is 2.05. The van der Waals surface area contributed by atoms with E-state index < -0.39 is 0 Å². The predicted molar refractivity (Wildman–Crippen MR) is 64.8 cm³/mol. The van der Waals surface area contributed by atoms with Gasteiger partial charge in [-0.15, -0.1) is 0 Å². The van der Waals surface area contributed by atoms with Crippen molar-refractivity contribution < 1.29 is 0 Å². The molecule has 1 aliphatic heterocycles. The Hall–Kier alpha value is 1.40. The number of hydrogen-bond acceptors (Lipinski definition) is 4. The molecular formula is C7H14S4. The van der Waals surface area contributed by atoms with Gasteiger partial charge in [0.05, 0.1) is 0 Å². The van der Waals surface area contributed by atoms with E-state index in [4.69, 9.17) is 0 Å². The summed E-state index contributed by atoms with van der Waals surface area (Å²) in [6, 6.07) is 0. The number of rotatable bonds is 2. The van der Waals surface area contributed by atoms with Crippen LogP contribution in [-0.4, -0.2) is 33.0 Å². The molecule has 0 N–H and O–H groups in total. The molecule has 1 fully saturated rings.